The first-order chi connectivity index (χ1) is 6.38. The number of hydrogen-bond donors (Lipinski definition) is 1. The molecule has 0 aromatic carbocycles. The largest absolute Gasteiger partial charge is 0.395 e. The van der Waals surface area contributed by atoms with Crippen molar-refractivity contribution in [1.29, 1.82) is 0 Å². The minimum Gasteiger partial charge on any atom is -0.395 e. The van der Waals surface area contributed by atoms with E-state index in [2.05, 4.69) is 6.92 Å². The average Bonchev–Trinajstić information content (AvgIpc) is 2.90. The molecule has 1 N–H and O–H groups in total. The standard InChI is InChI=1S/C11H22OS/c1-2-3-4-5-6-7-8-10-11(9-12)13-10/h10-12H,2-9H2,1H3/t10-,11-/m1/s1. The summed E-state index contributed by atoms with van der Waals surface area (Å²) in [7, 11) is 0. The summed E-state index contributed by atoms with van der Waals surface area (Å²) in [6, 6.07) is 0. The zero-order chi connectivity index (χ0) is 9.52. The lowest BCUT2D eigenvalue weighted by Gasteiger charge is -1.99. The van der Waals surface area contributed by atoms with Crippen LogP contribution in [0.25, 0.3) is 0 Å². The van der Waals surface area contributed by atoms with Gasteiger partial charge in [-0.05, 0) is 6.42 Å². The maximum atomic E-state index is 8.83. The van der Waals surface area contributed by atoms with Crippen LogP contribution in [-0.2, 0) is 0 Å². The second-order valence-corrected chi connectivity index (χ2v) is 5.44. The van der Waals surface area contributed by atoms with Gasteiger partial charge in [-0.3, -0.25) is 0 Å². The van der Waals surface area contributed by atoms with E-state index >= 15 is 0 Å². The lowest BCUT2D eigenvalue weighted by Crippen LogP contribution is -1.98. The monoisotopic (exact) mass is 202 g/mol. The first kappa shape index (κ1) is 11.4. The molecule has 2 atom stereocenters. The van der Waals surface area contributed by atoms with Crippen LogP contribution < -0.4 is 0 Å². The Balaban J connectivity index is 1.75. The molecule has 2 heteroatoms. The van der Waals surface area contributed by atoms with Crippen molar-refractivity contribution in [3.05, 3.63) is 0 Å². The second kappa shape index (κ2) is 6.72. The van der Waals surface area contributed by atoms with Crippen LogP contribution in [0.3, 0.4) is 0 Å². The fraction of sp³-hybridized carbons (Fsp3) is 1.00. The van der Waals surface area contributed by atoms with Crippen molar-refractivity contribution in [2.75, 3.05) is 6.61 Å². The van der Waals surface area contributed by atoms with Crippen LogP contribution in [0.4, 0.5) is 0 Å². The summed E-state index contributed by atoms with van der Waals surface area (Å²) in [6.07, 6.45) is 9.67. The minimum atomic E-state index is 0.394. The van der Waals surface area contributed by atoms with E-state index in [9.17, 15) is 0 Å². The minimum absolute atomic E-state index is 0.394. The Bertz CT molecular complexity index is 127. The summed E-state index contributed by atoms with van der Waals surface area (Å²) in [5.74, 6) is 0. The molecule has 0 aromatic rings. The topological polar surface area (TPSA) is 20.2 Å². The average molecular weight is 202 g/mol. The predicted octanol–water partition coefficient (Wildman–Crippen LogP) is 3.21. The molecule has 0 saturated carbocycles. The molecular formula is C11H22OS. The van der Waals surface area contributed by atoms with Gasteiger partial charge >= 0.3 is 0 Å². The Kier molecular flexibility index (Phi) is 5.88. The highest BCUT2D eigenvalue weighted by atomic mass is 32.2. The molecule has 0 aliphatic carbocycles. The van der Waals surface area contributed by atoms with E-state index in [0.29, 0.717) is 11.9 Å². The zero-order valence-corrected chi connectivity index (χ0v) is 9.48. The molecule has 0 radical (unpaired) electrons. The van der Waals surface area contributed by atoms with Crippen molar-refractivity contribution in [2.24, 2.45) is 0 Å². The Labute approximate surface area is 86.3 Å². The zero-order valence-electron chi connectivity index (χ0n) is 8.67. The Morgan fingerprint density at radius 3 is 2.31 bits per heavy atom. The fourth-order valence-electron chi connectivity index (χ4n) is 1.72. The van der Waals surface area contributed by atoms with E-state index in [-0.39, 0.29) is 0 Å². The first-order valence-corrected chi connectivity index (χ1v) is 6.59. The van der Waals surface area contributed by atoms with E-state index in [1.54, 1.807) is 0 Å². The maximum absolute atomic E-state index is 8.83. The molecule has 1 fully saturated rings. The lowest BCUT2D eigenvalue weighted by atomic mass is 10.1. The smallest absolute Gasteiger partial charge is 0.0560 e. The second-order valence-electron chi connectivity index (χ2n) is 3.95. The van der Waals surface area contributed by atoms with Gasteiger partial charge in [0.15, 0.2) is 0 Å². The molecular weight excluding hydrogens is 180 g/mol. The van der Waals surface area contributed by atoms with Gasteiger partial charge in [-0.1, -0.05) is 45.4 Å². The lowest BCUT2D eigenvalue weighted by molar-refractivity contribution is 0.301. The van der Waals surface area contributed by atoms with Crippen LogP contribution >= 0.6 is 11.8 Å². The highest BCUT2D eigenvalue weighted by molar-refractivity contribution is 8.07. The van der Waals surface area contributed by atoms with Crippen LogP contribution in [0, 0.1) is 0 Å². The van der Waals surface area contributed by atoms with Crippen molar-refractivity contribution < 1.29 is 5.11 Å². The highest BCUT2D eigenvalue weighted by Crippen LogP contribution is 2.44. The van der Waals surface area contributed by atoms with Gasteiger partial charge in [-0.2, -0.15) is 11.8 Å². The molecule has 0 bridgehead atoms. The maximum Gasteiger partial charge on any atom is 0.0560 e. The number of aliphatic hydroxyl groups is 1. The molecule has 1 aliphatic heterocycles. The van der Waals surface area contributed by atoms with E-state index in [1.165, 1.54) is 44.9 Å². The number of rotatable bonds is 8. The molecule has 0 unspecified atom stereocenters. The van der Waals surface area contributed by atoms with Gasteiger partial charge in [-0.25, -0.2) is 0 Å². The summed E-state index contributed by atoms with van der Waals surface area (Å²) in [6.45, 7) is 2.65. The van der Waals surface area contributed by atoms with E-state index < -0.39 is 0 Å². The summed E-state index contributed by atoms with van der Waals surface area (Å²) in [4.78, 5) is 0. The quantitative estimate of drug-likeness (QED) is 0.482. The summed E-state index contributed by atoms with van der Waals surface area (Å²) >= 11 is 1.95. The molecule has 1 rings (SSSR count). The van der Waals surface area contributed by atoms with Crippen molar-refractivity contribution in [3.8, 4) is 0 Å². The highest BCUT2D eigenvalue weighted by Gasteiger charge is 2.36. The predicted molar refractivity (Wildman–Crippen MR) is 60.2 cm³/mol. The van der Waals surface area contributed by atoms with Crippen LogP contribution in [0.1, 0.15) is 51.9 Å². The molecule has 1 nitrogen and oxygen atoms in total. The summed E-state index contributed by atoms with van der Waals surface area (Å²) < 4.78 is 0. The number of thioether (sulfide) groups is 1. The summed E-state index contributed by atoms with van der Waals surface area (Å²) in [5.41, 5.74) is 0. The van der Waals surface area contributed by atoms with Crippen molar-refractivity contribution >= 4 is 11.8 Å². The Morgan fingerprint density at radius 2 is 1.69 bits per heavy atom. The van der Waals surface area contributed by atoms with Crippen molar-refractivity contribution in [3.63, 3.8) is 0 Å². The van der Waals surface area contributed by atoms with Crippen LogP contribution in [0.2, 0.25) is 0 Å². The molecule has 1 saturated heterocycles. The normalized spacial score (nSPS) is 26.3. The van der Waals surface area contributed by atoms with Gasteiger partial charge in [0.2, 0.25) is 0 Å². The SMILES string of the molecule is CCCCCCCC[C@H]1S[C@@H]1CO. The molecule has 1 aliphatic rings. The number of hydrogen-bond acceptors (Lipinski definition) is 2. The number of aliphatic hydroxyl groups excluding tert-OH is 1. The van der Waals surface area contributed by atoms with Gasteiger partial charge in [0.25, 0.3) is 0 Å². The fourth-order valence-corrected chi connectivity index (χ4v) is 2.69. The van der Waals surface area contributed by atoms with E-state index in [1.807, 2.05) is 11.8 Å². The van der Waals surface area contributed by atoms with Crippen molar-refractivity contribution in [2.45, 2.75) is 62.4 Å². The van der Waals surface area contributed by atoms with E-state index in [0.717, 1.165) is 5.25 Å². The van der Waals surface area contributed by atoms with Gasteiger partial charge in [-0.15, -0.1) is 0 Å². The Morgan fingerprint density at radius 1 is 1.00 bits per heavy atom. The molecule has 78 valence electrons. The number of unbranched alkanes of at least 4 members (excludes halogenated alkanes) is 5. The van der Waals surface area contributed by atoms with E-state index in [4.69, 9.17) is 5.11 Å². The third kappa shape index (κ3) is 4.92. The third-order valence-electron chi connectivity index (χ3n) is 2.71. The van der Waals surface area contributed by atoms with Gasteiger partial charge in [0.05, 0.1) is 6.61 Å². The third-order valence-corrected chi connectivity index (χ3v) is 4.14. The van der Waals surface area contributed by atoms with Crippen LogP contribution in [0.5, 0.6) is 0 Å². The van der Waals surface area contributed by atoms with Gasteiger partial charge in [0, 0.05) is 10.5 Å². The summed E-state index contributed by atoms with van der Waals surface area (Å²) in [5, 5.41) is 10.2. The van der Waals surface area contributed by atoms with Gasteiger partial charge in [0.1, 0.15) is 0 Å². The van der Waals surface area contributed by atoms with Crippen LogP contribution in [0.15, 0.2) is 0 Å². The molecule has 0 spiro atoms. The molecule has 13 heavy (non-hydrogen) atoms. The van der Waals surface area contributed by atoms with Crippen LogP contribution in [-0.4, -0.2) is 22.2 Å². The molecule has 1 heterocycles. The molecule has 0 aromatic heterocycles. The first-order valence-electron chi connectivity index (χ1n) is 5.64. The molecule has 0 amide bonds. The Hall–Kier alpha value is 0.310. The van der Waals surface area contributed by atoms with Crippen molar-refractivity contribution in [1.82, 2.24) is 0 Å². The van der Waals surface area contributed by atoms with Gasteiger partial charge < -0.3 is 5.11 Å².